The van der Waals surface area contributed by atoms with E-state index in [-0.39, 0.29) is 30.5 Å². The monoisotopic (exact) mass is 523 g/mol. The van der Waals surface area contributed by atoms with Crippen LogP contribution in [0.3, 0.4) is 0 Å². The van der Waals surface area contributed by atoms with Crippen LogP contribution < -0.4 is 4.72 Å². The summed E-state index contributed by atoms with van der Waals surface area (Å²) in [6.45, 7) is 0.341. The first-order chi connectivity index (χ1) is 16.2. The molecule has 0 saturated carbocycles. The first kappa shape index (κ1) is 25.3. The van der Waals surface area contributed by atoms with E-state index in [2.05, 4.69) is 14.2 Å². The highest BCUT2D eigenvalue weighted by Crippen LogP contribution is 2.37. The minimum absolute atomic E-state index is 0.0318. The van der Waals surface area contributed by atoms with E-state index in [0.717, 1.165) is 22.7 Å². The smallest absolute Gasteiger partial charge is 0.450 e. The van der Waals surface area contributed by atoms with Crippen molar-refractivity contribution in [1.82, 2.24) is 14.5 Å². The molecule has 0 unspecified atom stereocenters. The third-order valence-electron chi connectivity index (χ3n) is 5.59. The van der Waals surface area contributed by atoms with Crippen LogP contribution in [-0.4, -0.2) is 29.3 Å². The first-order valence-electron chi connectivity index (χ1n) is 10.2. The van der Waals surface area contributed by atoms with Gasteiger partial charge in [0.25, 0.3) is 0 Å². The number of alkyl halides is 6. The molecule has 4 rings (SSSR count). The number of aliphatic hydroxyl groups is 1. The summed E-state index contributed by atoms with van der Waals surface area (Å²) < 4.78 is 112. The normalized spacial score (nSPS) is 16.6. The van der Waals surface area contributed by atoms with E-state index >= 15 is 0 Å². The molecule has 0 aliphatic heterocycles. The third kappa shape index (κ3) is 5.09. The van der Waals surface area contributed by atoms with Gasteiger partial charge >= 0.3 is 12.4 Å². The lowest BCUT2D eigenvalue weighted by Crippen LogP contribution is -2.36. The van der Waals surface area contributed by atoms with Gasteiger partial charge < -0.3 is 9.52 Å². The molecule has 2 heterocycles. The van der Waals surface area contributed by atoms with E-state index < -0.39 is 51.4 Å². The van der Waals surface area contributed by atoms with Gasteiger partial charge in [-0.15, -0.1) is 0 Å². The maximum atomic E-state index is 13.2. The van der Waals surface area contributed by atoms with Crippen LogP contribution in [0.2, 0.25) is 0 Å². The summed E-state index contributed by atoms with van der Waals surface area (Å²) in [7, 11) is -4.55. The number of benzene rings is 1. The van der Waals surface area contributed by atoms with Gasteiger partial charge in [0.2, 0.25) is 15.8 Å². The highest BCUT2D eigenvalue weighted by Gasteiger charge is 2.43. The fourth-order valence-electron chi connectivity index (χ4n) is 4.18. The van der Waals surface area contributed by atoms with Crippen LogP contribution in [0.25, 0.3) is 0 Å². The molecule has 1 aliphatic carbocycles. The zero-order chi connectivity index (χ0) is 25.8. The van der Waals surface area contributed by atoms with E-state index in [0.29, 0.717) is 11.1 Å². The third-order valence-corrected chi connectivity index (χ3v) is 7.28. The summed E-state index contributed by atoms with van der Waals surface area (Å²) in [6.07, 6.45) is -7.48. The molecule has 0 fully saturated rings. The standard InChI is InChI=1S/C21H19F6N3O4S/c1-11-10-34-19(21(25,26)27)17(11)35(32,33)29-16-5-13-3-2-12(4-14(13)6-16)7-30-8-15(9-31)18(28-30)20(22,23)24/h2-4,8,10,16,29,31H,5-7,9H2,1H3/t16-/m0/s1. The number of nitrogens with zero attached hydrogens (tertiary/aromatic N) is 2. The van der Waals surface area contributed by atoms with Gasteiger partial charge in [0.05, 0.1) is 19.4 Å². The average molecular weight is 523 g/mol. The molecule has 7 nitrogen and oxygen atoms in total. The minimum atomic E-state index is -4.99. The van der Waals surface area contributed by atoms with Crippen molar-refractivity contribution in [2.45, 2.75) is 56.2 Å². The van der Waals surface area contributed by atoms with Crippen LogP contribution in [0.5, 0.6) is 0 Å². The number of furan rings is 1. The number of hydrogen-bond donors (Lipinski definition) is 2. The number of aliphatic hydroxyl groups excluding tert-OH is 1. The number of fused-ring (bicyclic) bond motifs is 1. The van der Waals surface area contributed by atoms with Crippen molar-refractivity contribution >= 4 is 10.0 Å². The van der Waals surface area contributed by atoms with Crippen LogP contribution in [-0.2, 0) is 48.4 Å². The van der Waals surface area contributed by atoms with Crippen molar-refractivity contribution in [2.75, 3.05) is 0 Å². The summed E-state index contributed by atoms with van der Waals surface area (Å²) in [5, 5.41) is 12.7. The van der Waals surface area contributed by atoms with Crippen LogP contribution in [0.4, 0.5) is 26.3 Å². The second-order valence-electron chi connectivity index (χ2n) is 8.26. The number of hydrogen-bond acceptors (Lipinski definition) is 5. The number of nitrogens with one attached hydrogen (secondary N) is 1. The lowest BCUT2D eigenvalue weighted by molar-refractivity contribution is -0.155. The van der Waals surface area contributed by atoms with Crippen LogP contribution in [0.15, 0.2) is 40.0 Å². The van der Waals surface area contributed by atoms with E-state index in [1.165, 1.54) is 6.92 Å². The quantitative estimate of drug-likeness (QED) is 0.479. The molecule has 1 aliphatic rings. The van der Waals surface area contributed by atoms with Crippen LogP contribution in [0, 0.1) is 6.92 Å². The minimum Gasteiger partial charge on any atom is -0.458 e. The van der Waals surface area contributed by atoms with E-state index in [1.807, 2.05) is 0 Å². The predicted octanol–water partition coefficient (Wildman–Crippen LogP) is 3.81. The molecular formula is C21H19F6N3O4S. The Morgan fingerprint density at radius 1 is 1.14 bits per heavy atom. The van der Waals surface area contributed by atoms with Crippen LogP contribution >= 0.6 is 0 Å². The molecule has 0 amide bonds. The Morgan fingerprint density at radius 2 is 1.83 bits per heavy atom. The van der Waals surface area contributed by atoms with Gasteiger partial charge in [-0.1, -0.05) is 18.2 Å². The molecule has 35 heavy (non-hydrogen) atoms. The summed E-state index contributed by atoms with van der Waals surface area (Å²) >= 11 is 0. The molecule has 1 atom stereocenters. The average Bonchev–Trinajstić information content (AvgIpc) is 3.42. The van der Waals surface area contributed by atoms with Gasteiger partial charge in [0, 0.05) is 23.4 Å². The molecule has 1 aromatic carbocycles. The zero-order valence-corrected chi connectivity index (χ0v) is 18.9. The predicted molar refractivity (Wildman–Crippen MR) is 109 cm³/mol. The number of aryl methyl sites for hydroxylation is 1. The molecule has 0 spiro atoms. The highest BCUT2D eigenvalue weighted by molar-refractivity contribution is 7.89. The molecule has 2 N–H and O–H groups in total. The Kier molecular flexibility index (Phi) is 6.26. The van der Waals surface area contributed by atoms with Gasteiger partial charge in [-0.2, -0.15) is 31.4 Å². The van der Waals surface area contributed by atoms with Gasteiger partial charge in [-0.3, -0.25) is 4.68 Å². The number of sulfonamides is 1. The van der Waals surface area contributed by atoms with Gasteiger partial charge in [0.15, 0.2) is 5.69 Å². The Balaban J connectivity index is 1.51. The Morgan fingerprint density at radius 3 is 2.43 bits per heavy atom. The Hall–Kier alpha value is -2.84. The summed E-state index contributed by atoms with van der Waals surface area (Å²) in [5.41, 5.74) is 0.333. The summed E-state index contributed by atoms with van der Waals surface area (Å²) in [6, 6.07) is 4.29. The van der Waals surface area contributed by atoms with Crippen molar-refractivity contribution in [1.29, 1.82) is 0 Å². The number of aromatic nitrogens is 2. The number of rotatable bonds is 6. The molecule has 3 aromatic rings. The topological polar surface area (TPSA) is 97.4 Å². The number of halogens is 6. The molecule has 0 saturated heterocycles. The summed E-state index contributed by atoms with van der Waals surface area (Å²) in [5.74, 6) is -1.60. The van der Waals surface area contributed by atoms with Crippen molar-refractivity contribution in [3.05, 3.63) is 69.9 Å². The fraction of sp³-hybridized carbons (Fsp3) is 0.381. The van der Waals surface area contributed by atoms with Gasteiger partial charge in [-0.05, 0) is 36.5 Å². The van der Waals surface area contributed by atoms with E-state index in [4.69, 9.17) is 0 Å². The van der Waals surface area contributed by atoms with Crippen molar-refractivity contribution in [3.8, 4) is 0 Å². The Bertz CT molecular complexity index is 1360. The maximum Gasteiger partial charge on any atom is 0.450 e. The first-order valence-corrected chi connectivity index (χ1v) is 11.7. The van der Waals surface area contributed by atoms with Crippen LogP contribution in [0.1, 0.15) is 39.3 Å². The van der Waals surface area contributed by atoms with Crippen molar-refractivity contribution < 1.29 is 44.3 Å². The highest BCUT2D eigenvalue weighted by atomic mass is 32.2. The Labute approximate surface area is 195 Å². The van der Waals surface area contributed by atoms with Gasteiger partial charge in [0.1, 0.15) is 4.90 Å². The largest absolute Gasteiger partial charge is 0.458 e. The lowest BCUT2D eigenvalue weighted by Gasteiger charge is -2.14. The second-order valence-corrected chi connectivity index (χ2v) is 9.91. The van der Waals surface area contributed by atoms with E-state index in [9.17, 15) is 39.9 Å². The molecule has 0 radical (unpaired) electrons. The maximum absolute atomic E-state index is 13.2. The van der Waals surface area contributed by atoms with Gasteiger partial charge in [-0.25, -0.2) is 13.1 Å². The molecule has 0 bridgehead atoms. The van der Waals surface area contributed by atoms with Crippen molar-refractivity contribution in [3.63, 3.8) is 0 Å². The second kappa shape index (κ2) is 8.68. The van der Waals surface area contributed by atoms with Crippen molar-refractivity contribution in [2.24, 2.45) is 0 Å². The zero-order valence-electron chi connectivity index (χ0n) is 18.0. The molecule has 2 aromatic heterocycles. The molecular weight excluding hydrogens is 504 g/mol. The summed E-state index contributed by atoms with van der Waals surface area (Å²) in [4.78, 5) is -0.958. The fourth-order valence-corrected chi connectivity index (χ4v) is 5.78. The SMILES string of the molecule is Cc1coc(C(F)(F)F)c1S(=O)(=O)N[C@H]1Cc2ccc(Cn3cc(CO)c(C(F)(F)F)n3)cc2C1. The molecule has 14 heteroatoms. The van der Waals surface area contributed by atoms with E-state index in [1.54, 1.807) is 18.2 Å². The molecule has 190 valence electrons. The lowest BCUT2D eigenvalue weighted by atomic mass is 10.1.